The number of rotatable bonds is 3. The summed E-state index contributed by atoms with van der Waals surface area (Å²) >= 11 is 0. The number of fused-ring (bicyclic) bond motifs is 1. The summed E-state index contributed by atoms with van der Waals surface area (Å²) in [5, 5.41) is 11.5. The van der Waals surface area contributed by atoms with Crippen LogP contribution in [0.15, 0.2) is 54.6 Å². The van der Waals surface area contributed by atoms with E-state index in [0.717, 1.165) is 5.39 Å². The van der Waals surface area contributed by atoms with E-state index >= 15 is 0 Å². The summed E-state index contributed by atoms with van der Waals surface area (Å²) in [5.74, 6) is -0.00699. The monoisotopic (exact) mass is 308 g/mol. The lowest BCUT2D eigenvalue weighted by molar-refractivity contribution is -0.384. The Morgan fingerprint density at radius 3 is 2.48 bits per heavy atom. The summed E-state index contributed by atoms with van der Waals surface area (Å²) in [6, 6.07) is 15.0. The third-order valence-corrected chi connectivity index (χ3v) is 3.31. The van der Waals surface area contributed by atoms with Gasteiger partial charge in [-0.05, 0) is 24.3 Å². The summed E-state index contributed by atoms with van der Waals surface area (Å²) < 4.78 is 5.26. The third kappa shape index (κ3) is 3.01. The van der Waals surface area contributed by atoms with Crippen LogP contribution in [0.3, 0.4) is 0 Å². The van der Waals surface area contributed by atoms with Gasteiger partial charge in [0.15, 0.2) is 0 Å². The quantitative estimate of drug-likeness (QED) is 0.418. The number of nitrogens with zero attached hydrogens (tertiary/aromatic N) is 2. The fourth-order valence-corrected chi connectivity index (χ4v) is 2.28. The van der Waals surface area contributed by atoms with E-state index in [1.165, 1.54) is 19.1 Å². The fourth-order valence-electron chi connectivity index (χ4n) is 2.28. The van der Waals surface area contributed by atoms with Gasteiger partial charge in [0.05, 0.1) is 16.1 Å². The van der Waals surface area contributed by atoms with Crippen molar-refractivity contribution in [2.24, 2.45) is 0 Å². The van der Waals surface area contributed by atoms with Gasteiger partial charge in [-0.15, -0.1) is 0 Å². The van der Waals surface area contributed by atoms with Crippen LogP contribution in [-0.2, 0) is 4.79 Å². The van der Waals surface area contributed by atoms with Crippen LogP contribution in [-0.4, -0.2) is 15.9 Å². The van der Waals surface area contributed by atoms with Crippen LogP contribution in [0.25, 0.3) is 22.2 Å². The molecule has 0 atom stereocenters. The molecule has 0 spiro atoms. The smallest absolute Gasteiger partial charge is 0.308 e. The standard InChI is InChI=1S/C17H12N2O4/c1-11(20)23-17-10-16(18-15-5-3-2-4-14(15)17)12-6-8-13(9-7-12)19(21)22/h2-10H,1H3. The van der Waals surface area contributed by atoms with Crippen LogP contribution in [0.4, 0.5) is 5.69 Å². The van der Waals surface area contributed by atoms with Gasteiger partial charge in [0.2, 0.25) is 0 Å². The molecule has 0 fully saturated rings. The normalized spacial score (nSPS) is 10.5. The Labute approximate surface area is 131 Å². The van der Waals surface area contributed by atoms with Gasteiger partial charge >= 0.3 is 5.97 Å². The average molecular weight is 308 g/mol. The molecule has 0 aliphatic carbocycles. The number of hydrogen-bond donors (Lipinski definition) is 0. The average Bonchev–Trinajstić information content (AvgIpc) is 2.54. The number of benzene rings is 2. The molecule has 1 heterocycles. The molecule has 0 amide bonds. The highest BCUT2D eigenvalue weighted by Gasteiger charge is 2.11. The predicted octanol–water partition coefficient (Wildman–Crippen LogP) is 3.74. The second kappa shape index (κ2) is 5.84. The number of nitro benzene ring substituents is 1. The number of non-ortho nitro benzene ring substituents is 1. The number of carbonyl (C=O) groups is 1. The van der Waals surface area contributed by atoms with Crippen molar-refractivity contribution in [1.29, 1.82) is 0 Å². The maximum absolute atomic E-state index is 11.3. The number of esters is 1. The van der Waals surface area contributed by atoms with Gasteiger partial charge in [-0.2, -0.15) is 0 Å². The van der Waals surface area contributed by atoms with E-state index in [-0.39, 0.29) is 5.69 Å². The van der Waals surface area contributed by atoms with Crippen molar-refractivity contribution < 1.29 is 14.5 Å². The second-order valence-electron chi connectivity index (χ2n) is 4.92. The molecule has 3 rings (SSSR count). The Morgan fingerprint density at radius 1 is 1.13 bits per heavy atom. The lowest BCUT2D eigenvalue weighted by Crippen LogP contribution is -2.02. The molecule has 0 aliphatic rings. The van der Waals surface area contributed by atoms with Crippen molar-refractivity contribution in [3.63, 3.8) is 0 Å². The van der Waals surface area contributed by atoms with Gasteiger partial charge in [-0.25, -0.2) is 4.98 Å². The molecular weight excluding hydrogens is 296 g/mol. The number of nitro groups is 1. The van der Waals surface area contributed by atoms with E-state index in [0.29, 0.717) is 22.5 Å². The Bertz CT molecular complexity index is 904. The van der Waals surface area contributed by atoms with Crippen molar-refractivity contribution in [3.05, 3.63) is 64.7 Å². The summed E-state index contributed by atoms with van der Waals surface area (Å²) in [7, 11) is 0. The highest BCUT2D eigenvalue weighted by atomic mass is 16.6. The van der Waals surface area contributed by atoms with Crippen LogP contribution >= 0.6 is 0 Å². The number of aromatic nitrogens is 1. The molecule has 0 radical (unpaired) electrons. The maximum atomic E-state index is 11.3. The van der Waals surface area contributed by atoms with Gasteiger partial charge in [-0.1, -0.05) is 12.1 Å². The first-order valence-electron chi connectivity index (χ1n) is 6.87. The van der Waals surface area contributed by atoms with Crippen molar-refractivity contribution >= 4 is 22.6 Å². The molecular formula is C17H12N2O4. The Hall–Kier alpha value is -3.28. The zero-order valence-electron chi connectivity index (χ0n) is 12.2. The molecule has 3 aromatic rings. The number of ether oxygens (including phenoxy) is 1. The largest absolute Gasteiger partial charge is 0.426 e. The first kappa shape index (κ1) is 14.6. The minimum atomic E-state index is -0.456. The molecule has 6 heteroatoms. The van der Waals surface area contributed by atoms with E-state index in [1.54, 1.807) is 18.2 Å². The SMILES string of the molecule is CC(=O)Oc1cc(-c2ccc([N+](=O)[O-])cc2)nc2ccccc12. The highest BCUT2D eigenvalue weighted by Crippen LogP contribution is 2.30. The molecule has 0 saturated carbocycles. The van der Waals surface area contributed by atoms with Crippen LogP contribution in [0.1, 0.15) is 6.92 Å². The van der Waals surface area contributed by atoms with Crippen LogP contribution < -0.4 is 4.74 Å². The van der Waals surface area contributed by atoms with Crippen molar-refractivity contribution in [3.8, 4) is 17.0 Å². The highest BCUT2D eigenvalue weighted by molar-refractivity contribution is 5.90. The van der Waals surface area contributed by atoms with E-state index in [2.05, 4.69) is 4.98 Å². The molecule has 0 saturated heterocycles. The third-order valence-electron chi connectivity index (χ3n) is 3.31. The molecule has 0 aliphatic heterocycles. The van der Waals surface area contributed by atoms with E-state index in [1.807, 2.05) is 24.3 Å². The Balaban J connectivity index is 2.13. The van der Waals surface area contributed by atoms with Crippen molar-refractivity contribution in [2.75, 3.05) is 0 Å². The van der Waals surface area contributed by atoms with E-state index in [4.69, 9.17) is 4.74 Å². The van der Waals surface area contributed by atoms with Crippen molar-refractivity contribution in [1.82, 2.24) is 4.98 Å². The van der Waals surface area contributed by atoms with E-state index in [9.17, 15) is 14.9 Å². The minimum Gasteiger partial charge on any atom is -0.426 e. The first-order valence-corrected chi connectivity index (χ1v) is 6.87. The molecule has 6 nitrogen and oxygen atoms in total. The summed E-state index contributed by atoms with van der Waals surface area (Å²) in [5.41, 5.74) is 1.97. The summed E-state index contributed by atoms with van der Waals surface area (Å²) in [4.78, 5) is 26.1. The van der Waals surface area contributed by atoms with Gasteiger partial charge in [-0.3, -0.25) is 14.9 Å². The molecule has 23 heavy (non-hydrogen) atoms. The molecule has 0 bridgehead atoms. The topological polar surface area (TPSA) is 82.3 Å². The van der Waals surface area contributed by atoms with Gasteiger partial charge in [0, 0.05) is 36.1 Å². The number of hydrogen-bond acceptors (Lipinski definition) is 5. The number of pyridine rings is 1. The minimum absolute atomic E-state index is 0.00903. The predicted molar refractivity (Wildman–Crippen MR) is 85.1 cm³/mol. The Morgan fingerprint density at radius 2 is 1.83 bits per heavy atom. The number of para-hydroxylation sites is 1. The zero-order chi connectivity index (χ0) is 16.4. The Kier molecular flexibility index (Phi) is 3.72. The van der Waals surface area contributed by atoms with E-state index < -0.39 is 10.9 Å². The molecule has 0 N–H and O–H groups in total. The molecule has 0 unspecified atom stereocenters. The summed E-state index contributed by atoms with van der Waals surface area (Å²) in [6.45, 7) is 1.33. The molecule has 1 aromatic heterocycles. The molecule has 2 aromatic carbocycles. The number of carbonyl (C=O) groups excluding carboxylic acids is 1. The second-order valence-corrected chi connectivity index (χ2v) is 4.92. The fraction of sp³-hybridized carbons (Fsp3) is 0.0588. The lowest BCUT2D eigenvalue weighted by atomic mass is 10.1. The van der Waals surface area contributed by atoms with Gasteiger partial charge in [0.25, 0.3) is 5.69 Å². The molecule has 114 valence electrons. The maximum Gasteiger partial charge on any atom is 0.308 e. The first-order chi connectivity index (χ1) is 11.0. The van der Waals surface area contributed by atoms with Crippen molar-refractivity contribution in [2.45, 2.75) is 6.92 Å². The lowest BCUT2D eigenvalue weighted by Gasteiger charge is -2.09. The zero-order valence-corrected chi connectivity index (χ0v) is 12.2. The van der Waals surface area contributed by atoms with Crippen LogP contribution in [0.5, 0.6) is 5.75 Å². The van der Waals surface area contributed by atoms with Gasteiger partial charge in [0.1, 0.15) is 5.75 Å². The van der Waals surface area contributed by atoms with Gasteiger partial charge < -0.3 is 4.74 Å². The van der Waals surface area contributed by atoms with Crippen LogP contribution in [0.2, 0.25) is 0 Å². The summed E-state index contributed by atoms with van der Waals surface area (Å²) in [6.07, 6.45) is 0. The van der Waals surface area contributed by atoms with Crippen LogP contribution in [0, 0.1) is 10.1 Å².